The number of carbonyl (C=O) groups excluding carboxylic acids is 2. The van der Waals surface area contributed by atoms with Crippen molar-refractivity contribution in [1.29, 1.82) is 0 Å². The van der Waals surface area contributed by atoms with Crippen LogP contribution in [0.5, 0.6) is 5.75 Å². The van der Waals surface area contributed by atoms with Crippen molar-refractivity contribution in [2.45, 2.75) is 12.5 Å². The van der Waals surface area contributed by atoms with Gasteiger partial charge in [-0.05, 0) is 42.0 Å². The van der Waals surface area contributed by atoms with Gasteiger partial charge in [-0.3, -0.25) is 4.79 Å². The van der Waals surface area contributed by atoms with Crippen LogP contribution in [0.2, 0.25) is 5.02 Å². The number of rotatable bonds is 9. The largest absolute Gasteiger partial charge is 0.495 e. The number of amides is 3. The minimum Gasteiger partial charge on any atom is -0.495 e. The van der Waals surface area contributed by atoms with E-state index >= 15 is 0 Å². The van der Waals surface area contributed by atoms with E-state index in [0.717, 1.165) is 17.0 Å². The maximum atomic E-state index is 13.6. The van der Waals surface area contributed by atoms with Crippen molar-refractivity contribution >= 4 is 34.9 Å². The molecule has 0 fully saturated rings. The average Bonchev–Trinajstić information content (AvgIpc) is 3.53. The molecule has 194 valence electrons. The Kier molecular flexibility index (Phi) is 8.47. The minimum atomic E-state index is -0.441. The Morgan fingerprint density at radius 1 is 1.11 bits per heavy atom. The number of aromatic nitrogens is 1. The fourth-order valence-corrected chi connectivity index (χ4v) is 4.36. The first-order valence-electron chi connectivity index (χ1n) is 11.9. The van der Waals surface area contributed by atoms with E-state index in [1.54, 1.807) is 37.4 Å². The summed E-state index contributed by atoms with van der Waals surface area (Å²) in [7, 11) is 5.02. The number of halogens is 1. The lowest BCUT2D eigenvalue weighted by Crippen LogP contribution is -2.44. The average molecular weight is 524 g/mol. The van der Waals surface area contributed by atoms with Crippen LogP contribution in [-0.4, -0.2) is 66.0 Å². The summed E-state index contributed by atoms with van der Waals surface area (Å²) in [5, 5.41) is 9.64. The van der Waals surface area contributed by atoms with E-state index in [2.05, 4.69) is 5.32 Å². The molecule has 0 saturated heterocycles. The highest BCUT2D eigenvalue weighted by Gasteiger charge is 2.35. The van der Waals surface area contributed by atoms with Crippen molar-refractivity contribution in [1.82, 2.24) is 14.5 Å². The van der Waals surface area contributed by atoms with Gasteiger partial charge in [0.05, 0.1) is 36.9 Å². The van der Waals surface area contributed by atoms with E-state index in [-0.39, 0.29) is 31.6 Å². The monoisotopic (exact) mass is 523 g/mol. The molecule has 1 atom stereocenters. The predicted molar refractivity (Wildman–Crippen MR) is 143 cm³/mol. The third-order valence-corrected chi connectivity index (χ3v) is 6.44. The van der Waals surface area contributed by atoms with Gasteiger partial charge >= 0.3 is 6.03 Å². The molecule has 1 aromatic heterocycles. The number of anilines is 1. The highest BCUT2D eigenvalue weighted by atomic mass is 35.5. The van der Waals surface area contributed by atoms with Crippen molar-refractivity contribution in [3.63, 3.8) is 0 Å². The van der Waals surface area contributed by atoms with E-state index in [9.17, 15) is 9.59 Å². The van der Waals surface area contributed by atoms with Crippen LogP contribution in [0.4, 0.5) is 10.5 Å². The van der Waals surface area contributed by atoms with E-state index in [0.29, 0.717) is 22.9 Å². The first-order valence-corrected chi connectivity index (χ1v) is 12.2. The molecule has 3 amide bonds. The highest BCUT2D eigenvalue weighted by molar-refractivity contribution is 6.30. The van der Waals surface area contributed by atoms with Gasteiger partial charge in [-0.2, -0.15) is 5.10 Å². The quantitative estimate of drug-likeness (QED) is 0.446. The van der Waals surface area contributed by atoms with E-state index in [4.69, 9.17) is 26.2 Å². The molecule has 2 aromatic carbocycles. The number of urea groups is 1. The Labute approximate surface area is 221 Å². The summed E-state index contributed by atoms with van der Waals surface area (Å²) in [6, 6.07) is 17.6. The zero-order chi connectivity index (χ0) is 26.4. The van der Waals surface area contributed by atoms with Crippen LogP contribution in [0, 0.1) is 0 Å². The second kappa shape index (κ2) is 11.9. The smallest absolute Gasteiger partial charge is 0.322 e. The number of hydrogen-bond donors (Lipinski definition) is 1. The maximum Gasteiger partial charge on any atom is 0.322 e. The Balaban J connectivity index is 1.58. The molecular formula is C27H30ClN5O4. The zero-order valence-electron chi connectivity index (χ0n) is 21.1. The van der Waals surface area contributed by atoms with Crippen molar-refractivity contribution in [3.8, 4) is 5.75 Å². The Morgan fingerprint density at radius 2 is 1.86 bits per heavy atom. The molecular weight excluding hydrogens is 494 g/mol. The van der Waals surface area contributed by atoms with Crippen molar-refractivity contribution in [2.24, 2.45) is 12.1 Å². The normalized spacial score (nSPS) is 14.9. The third-order valence-electron chi connectivity index (χ3n) is 6.19. The Morgan fingerprint density at radius 3 is 2.54 bits per heavy atom. The van der Waals surface area contributed by atoms with Crippen LogP contribution in [0.3, 0.4) is 0 Å². The van der Waals surface area contributed by atoms with Crippen molar-refractivity contribution in [2.75, 3.05) is 39.2 Å². The molecule has 10 heteroatoms. The van der Waals surface area contributed by atoms with E-state index < -0.39 is 6.03 Å². The molecule has 2 heterocycles. The molecule has 37 heavy (non-hydrogen) atoms. The third kappa shape index (κ3) is 6.12. The summed E-state index contributed by atoms with van der Waals surface area (Å²) < 4.78 is 12.5. The number of carbonyl (C=O) groups is 2. The fraction of sp³-hybridized carbons (Fsp3) is 0.296. The number of para-hydroxylation sites is 2. The number of methoxy groups -OCH3 is 2. The number of benzene rings is 2. The lowest BCUT2D eigenvalue weighted by atomic mass is 10.0. The molecule has 0 unspecified atom stereocenters. The maximum absolute atomic E-state index is 13.6. The van der Waals surface area contributed by atoms with Crippen LogP contribution in [0.25, 0.3) is 0 Å². The van der Waals surface area contributed by atoms with Gasteiger partial charge in [-0.15, -0.1) is 0 Å². The molecule has 0 saturated carbocycles. The topological polar surface area (TPSA) is 88.4 Å². The number of nitrogens with zero attached hydrogens (tertiary/aromatic N) is 4. The summed E-state index contributed by atoms with van der Waals surface area (Å²) in [4.78, 5) is 28.3. The summed E-state index contributed by atoms with van der Waals surface area (Å²) in [5.74, 6) is 0.212. The molecule has 9 nitrogen and oxygen atoms in total. The minimum absolute atomic E-state index is 0.182. The second-order valence-electron chi connectivity index (χ2n) is 8.61. The Bertz CT molecular complexity index is 1270. The predicted octanol–water partition coefficient (Wildman–Crippen LogP) is 4.55. The number of aryl methyl sites for hydroxylation is 1. The molecule has 1 aliphatic heterocycles. The first-order chi connectivity index (χ1) is 17.9. The molecule has 1 aliphatic rings. The van der Waals surface area contributed by atoms with Crippen LogP contribution >= 0.6 is 11.6 Å². The molecule has 0 aliphatic carbocycles. The second-order valence-corrected chi connectivity index (χ2v) is 9.04. The lowest BCUT2D eigenvalue weighted by Gasteiger charge is -2.27. The van der Waals surface area contributed by atoms with E-state index in [1.165, 1.54) is 17.0 Å². The number of ether oxygens (including phenoxy) is 2. The number of hydrogen-bond acceptors (Lipinski definition) is 5. The highest BCUT2D eigenvalue weighted by Crippen LogP contribution is 2.33. The molecule has 0 radical (unpaired) electrons. The molecule has 0 spiro atoms. The Hall–Kier alpha value is -3.82. The SMILES string of the molecule is COCCN(CC(=O)N1N=C(c2cccn2C)C[C@@H]1c1ccc(Cl)cc1)C(=O)Nc1ccccc1OC. The molecule has 0 bridgehead atoms. The van der Waals surface area contributed by atoms with Gasteiger partial charge in [0, 0.05) is 38.3 Å². The van der Waals surface area contributed by atoms with E-state index in [1.807, 2.05) is 48.1 Å². The summed E-state index contributed by atoms with van der Waals surface area (Å²) in [5.41, 5.74) is 3.14. The summed E-state index contributed by atoms with van der Waals surface area (Å²) in [6.07, 6.45) is 2.48. The van der Waals surface area contributed by atoms with Gasteiger partial charge in [0.1, 0.15) is 12.3 Å². The van der Waals surface area contributed by atoms with Crippen molar-refractivity contribution < 1.29 is 19.1 Å². The number of hydrazone groups is 1. The molecule has 1 N–H and O–H groups in total. The van der Waals surface area contributed by atoms with Gasteiger partial charge in [0.15, 0.2) is 0 Å². The van der Waals surface area contributed by atoms with Gasteiger partial charge in [-0.1, -0.05) is 35.9 Å². The lowest BCUT2D eigenvalue weighted by molar-refractivity contribution is -0.133. The molecule has 3 aromatic rings. The van der Waals surface area contributed by atoms with Gasteiger partial charge in [-0.25, -0.2) is 9.80 Å². The van der Waals surface area contributed by atoms with Gasteiger partial charge in [0.2, 0.25) is 0 Å². The van der Waals surface area contributed by atoms with Crippen molar-refractivity contribution in [3.05, 3.63) is 83.1 Å². The zero-order valence-corrected chi connectivity index (χ0v) is 21.8. The number of nitrogens with one attached hydrogen (secondary N) is 1. The first kappa shape index (κ1) is 26.2. The van der Waals surface area contributed by atoms with Crippen LogP contribution in [-0.2, 0) is 16.6 Å². The van der Waals surface area contributed by atoms with Crippen LogP contribution in [0.1, 0.15) is 23.7 Å². The summed E-state index contributed by atoms with van der Waals surface area (Å²) >= 11 is 6.10. The standard InChI is InChI=1S/C27H30ClN5O4/c1-31-14-6-8-23(31)22-17-24(19-10-12-20(28)13-11-19)33(30-22)26(34)18-32(15-16-36-2)27(35)29-21-7-4-5-9-25(21)37-3/h4-14,24H,15-18H2,1-3H3,(H,29,35)/t24-/m1/s1. The molecule has 4 rings (SSSR count). The van der Waals surface area contributed by atoms with Gasteiger partial charge < -0.3 is 24.3 Å². The fourth-order valence-electron chi connectivity index (χ4n) is 4.23. The summed E-state index contributed by atoms with van der Waals surface area (Å²) in [6.45, 7) is 0.306. The van der Waals surface area contributed by atoms with Gasteiger partial charge in [0.25, 0.3) is 5.91 Å². The van der Waals surface area contributed by atoms with Crippen LogP contribution in [0.15, 0.2) is 72.0 Å². The van der Waals surface area contributed by atoms with Crippen LogP contribution < -0.4 is 10.1 Å².